The summed E-state index contributed by atoms with van der Waals surface area (Å²) in [6.45, 7) is 5.01. The first-order valence-electron chi connectivity index (χ1n) is 5.93. The minimum atomic E-state index is -1.27. The molecule has 15 heavy (non-hydrogen) atoms. The molecule has 0 aromatic heterocycles. The van der Waals surface area contributed by atoms with E-state index in [-0.39, 0.29) is 0 Å². The lowest BCUT2D eigenvalue weighted by Crippen LogP contribution is -2.45. The van der Waals surface area contributed by atoms with Crippen LogP contribution in [-0.2, 0) is 0 Å². The van der Waals surface area contributed by atoms with Crippen LogP contribution in [0.1, 0.15) is 19.3 Å². The Kier molecular flexibility index (Phi) is 3.10. The van der Waals surface area contributed by atoms with Crippen LogP contribution in [0.4, 0.5) is 0 Å². The number of benzene rings is 1. The van der Waals surface area contributed by atoms with Crippen molar-refractivity contribution in [1.29, 1.82) is 0 Å². The van der Waals surface area contributed by atoms with Crippen LogP contribution in [0.15, 0.2) is 42.5 Å². The molecule has 0 saturated carbocycles. The summed E-state index contributed by atoms with van der Waals surface area (Å²) < 4.78 is 0. The predicted molar refractivity (Wildman–Crippen MR) is 70.3 cm³/mol. The van der Waals surface area contributed by atoms with Gasteiger partial charge in [0.05, 0.1) is 8.07 Å². The molecule has 0 amide bonds. The number of hydrogen-bond acceptors (Lipinski definition) is 0. The molecule has 1 aliphatic carbocycles. The average molecular weight is 216 g/mol. The van der Waals surface area contributed by atoms with Gasteiger partial charge in [-0.1, -0.05) is 60.8 Å². The maximum atomic E-state index is 2.50. The molecular weight excluding hydrogens is 196 g/mol. The molecule has 1 heteroatoms. The van der Waals surface area contributed by atoms with Gasteiger partial charge in [-0.25, -0.2) is 0 Å². The van der Waals surface area contributed by atoms with E-state index in [0.29, 0.717) is 0 Å². The minimum absolute atomic E-state index is 0.841. The van der Waals surface area contributed by atoms with E-state index in [9.17, 15) is 0 Å². The minimum Gasteiger partial charge on any atom is -0.0885 e. The fourth-order valence-corrected chi connectivity index (χ4v) is 5.52. The number of hydrogen-bond donors (Lipinski definition) is 0. The average Bonchev–Trinajstić information content (AvgIpc) is 2.31. The summed E-state index contributed by atoms with van der Waals surface area (Å²) in [6, 6.07) is 11.1. The number of rotatable bonds is 2. The van der Waals surface area contributed by atoms with Crippen molar-refractivity contribution in [2.75, 3.05) is 0 Å². The lowest BCUT2D eigenvalue weighted by atomic mass is 10.1. The topological polar surface area (TPSA) is 0 Å². The maximum Gasteiger partial charge on any atom is 0.0873 e. The van der Waals surface area contributed by atoms with Gasteiger partial charge in [-0.15, -0.1) is 0 Å². The second-order valence-electron chi connectivity index (χ2n) is 5.05. The van der Waals surface area contributed by atoms with E-state index in [1.807, 2.05) is 0 Å². The van der Waals surface area contributed by atoms with Gasteiger partial charge < -0.3 is 0 Å². The van der Waals surface area contributed by atoms with E-state index in [2.05, 4.69) is 55.6 Å². The Morgan fingerprint density at radius 2 is 1.87 bits per heavy atom. The van der Waals surface area contributed by atoms with Crippen LogP contribution in [0.3, 0.4) is 0 Å². The smallest absolute Gasteiger partial charge is 0.0873 e. The zero-order valence-corrected chi connectivity index (χ0v) is 10.7. The summed E-state index contributed by atoms with van der Waals surface area (Å²) in [6.07, 6.45) is 8.92. The van der Waals surface area contributed by atoms with Gasteiger partial charge >= 0.3 is 0 Å². The first-order chi connectivity index (χ1) is 7.21. The van der Waals surface area contributed by atoms with Crippen molar-refractivity contribution in [2.45, 2.75) is 37.9 Å². The predicted octanol–water partition coefficient (Wildman–Crippen LogP) is 3.71. The lowest BCUT2D eigenvalue weighted by Gasteiger charge is -2.32. The Balaban J connectivity index is 2.26. The van der Waals surface area contributed by atoms with E-state index in [4.69, 9.17) is 0 Å². The van der Waals surface area contributed by atoms with Gasteiger partial charge in [-0.05, 0) is 24.8 Å². The van der Waals surface area contributed by atoms with Crippen LogP contribution in [0.25, 0.3) is 0 Å². The first-order valence-corrected chi connectivity index (χ1v) is 9.01. The molecule has 0 fully saturated rings. The summed E-state index contributed by atoms with van der Waals surface area (Å²) >= 11 is 0. The van der Waals surface area contributed by atoms with Crippen molar-refractivity contribution in [2.24, 2.45) is 0 Å². The molecule has 0 spiro atoms. The van der Waals surface area contributed by atoms with Crippen LogP contribution in [0.2, 0.25) is 18.6 Å². The third-order valence-corrected chi connectivity index (χ3v) is 7.86. The molecule has 0 N–H and O–H groups in total. The lowest BCUT2D eigenvalue weighted by molar-refractivity contribution is 0.715. The zero-order chi connectivity index (χ0) is 10.7. The molecule has 80 valence electrons. The summed E-state index contributed by atoms with van der Waals surface area (Å²) in [5.74, 6) is 0. The summed E-state index contributed by atoms with van der Waals surface area (Å²) in [4.78, 5) is 0. The molecule has 0 aliphatic heterocycles. The quantitative estimate of drug-likeness (QED) is 0.522. The Bertz CT molecular complexity index is 338. The largest absolute Gasteiger partial charge is 0.0885 e. The molecular formula is C14H20Si. The second kappa shape index (κ2) is 4.36. The van der Waals surface area contributed by atoms with E-state index in [1.165, 1.54) is 19.3 Å². The second-order valence-corrected chi connectivity index (χ2v) is 9.82. The van der Waals surface area contributed by atoms with Crippen LogP contribution >= 0.6 is 0 Å². The molecule has 0 saturated heterocycles. The first kappa shape index (κ1) is 10.7. The van der Waals surface area contributed by atoms with Crippen molar-refractivity contribution < 1.29 is 0 Å². The van der Waals surface area contributed by atoms with Crippen LogP contribution in [0.5, 0.6) is 0 Å². The normalized spacial score (nSPS) is 21.6. The molecule has 1 aromatic rings. The summed E-state index contributed by atoms with van der Waals surface area (Å²) in [5, 5.41) is 1.60. The van der Waals surface area contributed by atoms with Gasteiger partial charge in [0.15, 0.2) is 0 Å². The van der Waals surface area contributed by atoms with Gasteiger partial charge in [0.25, 0.3) is 0 Å². The summed E-state index contributed by atoms with van der Waals surface area (Å²) in [5.41, 5.74) is 0.841. The van der Waals surface area contributed by atoms with Crippen LogP contribution in [0, 0.1) is 0 Å². The van der Waals surface area contributed by atoms with Crippen LogP contribution < -0.4 is 5.19 Å². The van der Waals surface area contributed by atoms with Crippen molar-refractivity contribution in [3.8, 4) is 0 Å². The highest BCUT2D eigenvalue weighted by atomic mass is 28.3. The van der Waals surface area contributed by atoms with Gasteiger partial charge in [0.1, 0.15) is 0 Å². The van der Waals surface area contributed by atoms with Gasteiger partial charge in [-0.3, -0.25) is 0 Å². The van der Waals surface area contributed by atoms with E-state index in [1.54, 1.807) is 5.19 Å². The van der Waals surface area contributed by atoms with Gasteiger partial charge in [0, 0.05) is 0 Å². The van der Waals surface area contributed by atoms with Crippen LogP contribution in [-0.4, -0.2) is 8.07 Å². The standard InChI is InChI=1S/C14H20Si/c1-15(2,13-9-5-3-6-10-13)14-11-7-4-8-12-14/h3,5-7,9-11,14H,4,8,12H2,1-2H3/t14-/m0/s1. The number of allylic oxidation sites excluding steroid dienone is 2. The Hall–Kier alpha value is -0.823. The summed E-state index contributed by atoms with van der Waals surface area (Å²) in [7, 11) is -1.27. The monoisotopic (exact) mass is 216 g/mol. The molecule has 0 heterocycles. The Morgan fingerprint density at radius 1 is 1.13 bits per heavy atom. The highest BCUT2D eigenvalue weighted by Crippen LogP contribution is 2.32. The van der Waals surface area contributed by atoms with Crippen molar-refractivity contribution in [1.82, 2.24) is 0 Å². The molecule has 0 bridgehead atoms. The fraction of sp³-hybridized carbons (Fsp3) is 0.429. The Labute approximate surface area is 94.0 Å². The molecule has 1 aromatic carbocycles. The van der Waals surface area contributed by atoms with Crippen molar-refractivity contribution in [3.63, 3.8) is 0 Å². The van der Waals surface area contributed by atoms with E-state index >= 15 is 0 Å². The third kappa shape index (κ3) is 2.23. The maximum absolute atomic E-state index is 2.50. The van der Waals surface area contributed by atoms with E-state index in [0.717, 1.165) is 5.54 Å². The van der Waals surface area contributed by atoms with Crippen molar-refractivity contribution in [3.05, 3.63) is 42.5 Å². The Morgan fingerprint density at radius 3 is 2.47 bits per heavy atom. The molecule has 0 unspecified atom stereocenters. The zero-order valence-electron chi connectivity index (χ0n) is 9.74. The molecule has 2 rings (SSSR count). The fourth-order valence-electron chi connectivity index (χ4n) is 2.50. The van der Waals surface area contributed by atoms with Gasteiger partial charge in [0.2, 0.25) is 0 Å². The van der Waals surface area contributed by atoms with E-state index < -0.39 is 8.07 Å². The molecule has 0 radical (unpaired) electrons. The van der Waals surface area contributed by atoms with Crippen molar-refractivity contribution >= 4 is 13.3 Å². The third-order valence-electron chi connectivity index (χ3n) is 3.70. The molecule has 0 nitrogen and oxygen atoms in total. The SMILES string of the molecule is C[Si](C)(c1ccccc1)[C@H]1C=CCCC1. The molecule has 1 aliphatic rings. The highest BCUT2D eigenvalue weighted by Gasteiger charge is 2.31. The molecule has 1 atom stereocenters. The van der Waals surface area contributed by atoms with Gasteiger partial charge in [-0.2, -0.15) is 0 Å². The highest BCUT2D eigenvalue weighted by molar-refractivity contribution is 6.91.